The molecule has 1 heterocycles. The SMILES string of the molecule is COCCN(C(=O)c1ccc(C(N)=S)cn1)C(C)C1CC1. The Kier molecular flexibility index (Phi) is 5.25. The van der Waals surface area contributed by atoms with Gasteiger partial charge in [-0.1, -0.05) is 12.2 Å². The minimum atomic E-state index is -0.0686. The number of ether oxygens (including phenoxy) is 1. The van der Waals surface area contributed by atoms with Crippen LogP contribution in [-0.2, 0) is 4.74 Å². The summed E-state index contributed by atoms with van der Waals surface area (Å²) < 4.78 is 5.11. The van der Waals surface area contributed by atoms with E-state index in [0.717, 1.165) is 0 Å². The molecule has 0 saturated heterocycles. The Balaban J connectivity index is 2.13. The fourth-order valence-electron chi connectivity index (χ4n) is 2.33. The number of pyridine rings is 1. The first-order valence-corrected chi connectivity index (χ1v) is 7.51. The zero-order chi connectivity index (χ0) is 15.4. The van der Waals surface area contributed by atoms with E-state index in [1.165, 1.54) is 12.8 Å². The highest BCUT2D eigenvalue weighted by molar-refractivity contribution is 7.80. The summed E-state index contributed by atoms with van der Waals surface area (Å²) in [6.07, 6.45) is 3.92. The van der Waals surface area contributed by atoms with Crippen molar-refractivity contribution in [2.24, 2.45) is 11.7 Å². The fourth-order valence-corrected chi connectivity index (χ4v) is 2.45. The number of amides is 1. The van der Waals surface area contributed by atoms with Crippen LogP contribution in [0, 0.1) is 5.92 Å². The molecule has 0 bridgehead atoms. The number of hydrogen-bond donors (Lipinski definition) is 1. The lowest BCUT2D eigenvalue weighted by Crippen LogP contribution is -2.42. The predicted molar refractivity (Wildman–Crippen MR) is 85.2 cm³/mol. The summed E-state index contributed by atoms with van der Waals surface area (Å²) in [7, 11) is 1.64. The highest BCUT2D eigenvalue weighted by Crippen LogP contribution is 2.35. The Morgan fingerprint density at radius 3 is 2.76 bits per heavy atom. The molecule has 5 nitrogen and oxygen atoms in total. The molecule has 0 aromatic carbocycles. The number of methoxy groups -OCH3 is 1. The van der Waals surface area contributed by atoms with Crippen LogP contribution in [0.1, 0.15) is 35.8 Å². The first-order chi connectivity index (χ1) is 10.0. The minimum Gasteiger partial charge on any atom is -0.389 e. The van der Waals surface area contributed by atoms with Crippen LogP contribution < -0.4 is 5.73 Å². The van der Waals surface area contributed by atoms with Gasteiger partial charge in [0.1, 0.15) is 10.7 Å². The number of thiocarbonyl (C=S) groups is 1. The normalized spacial score (nSPS) is 15.5. The Morgan fingerprint density at radius 2 is 2.29 bits per heavy atom. The molecule has 114 valence electrons. The number of carbonyl (C=O) groups excluding carboxylic acids is 1. The lowest BCUT2D eigenvalue weighted by molar-refractivity contribution is 0.0589. The molecule has 1 fully saturated rings. The highest BCUT2D eigenvalue weighted by Gasteiger charge is 2.34. The standard InChI is InChI=1S/C15H21N3O2S/c1-10(11-3-4-11)18(7-8-20-2)15(19)13-6-5-12(9-17-13)14(16)21/h5-6,9-11H,3-4,7-8H2,1-2H3,(H2,16,21). The molecule has 6 heteroatoms. The topological polar surface area (TPSA) is 68.5 Å². The van der Waals surface area contributed by atoms with E-state index in [0.29, 0.717) is 30.3 Å². The van der Waals surface area contributed by atoms with Crippen LogP contribution in [0.2, 0.25) is 0 Å². The van der Waals surface area contributed by atoms with Crippen LogP contribution in [0.4, 0.5) is 0 Å². The van der Waals surface area contributed by atoms with E-state index in [1.807, 2.05) is 4.90 Å². The van der Waals surface area contributed by atoms with Gasteiger partial charge >= 0.3 is 0 Å². The maximum absolute atomic E-state index is 12.6. The Morgan fingerprint density at radius 1 is 1.57 bits per heavy atom. The highest BCUT2D eigenvalue weighted by atomic mass is 32.1. The molecular weight excluding hydrogens is 286 g/mol. The average molecular weight is 307 g/mol. The largest absolute Gasteiger partial charge is 0.389 e. The van der Waals surface area contributed by atoms with Crippen molar-refractivity contribution in [2.75, 3.05) is 20.3 Å². The Hall–Kier alpha value is -1.53. The van der Waals surface area contributed by atoms with E-state index in [1.54, 1.807) is 25.4 Å². The molecular formula is C15H21N3O2S. The van der Waals surface area contributed by atoms with Crippen molar-refractivity contribution in [3.05, 3.63) is 29.6 Å². The lowest BCUT2D eigenvalue weighted by atomic mass is 10.1. The summed E-state index contributed by atoms with van der Waals surface area (Å²) in [6, 6.07) is 3.62. The predicted octanol–water partition coefficient (Wildman–Crippen LogP) is 1.60. The van der Waals surface area contributed by atoms with Gasteiger partial charge in [0.2, 0.25) is 0 Å². The van der Waals surface area contributed by atoms with E-state index < -0.39 is 0 Å². The molecule has 1 saturated carbocycles. The summed E-state index contributed by atoms with van der Waals surface area (Å²) in [4.78, 5) is 19.0. The van der Waals surface area contributed by atoms with Crippen LogP contribution in [0.3, 0.4) is 0 Å². The second kappa shape index (κ2) is 6.95. The maximum atomic E-state index is 12.6. The smallest absolute Gasteiger partial charge is 0.272 e. The van der Waals surface area contributed by atoms with Gasteiger partial charge in [-0.15, -0.1) is 0 Å². The van der Waals surface area contributed by atoms with Crippen molar-refractivity contribution in [1.82, 2.24) is 9.88 Å². The number of carbonyl (C=O) groups is 1. The van der Waals surface area contributed by atoms with Gasteiger partial charge in [0.05, 0.1) is 6.61 Å². The third kappa shape index (κ3) is 3.98. The number of nitrogens with two attached hydrogens (primary N) is 1. The monoisotopic (exact) mass is 307 g/mol. The number of aromatic nitrogens is 1. The molecule has 1 unspecified atom stereocenters. The second-order valence-corrected chi connectivity index (χ2v) is 5.81. The van der Waals surface area contributed by atoms with E-state index >= 15 is 0 Å². The van der Waals surface area contributed by atoms with E-state index in [-0.39, 0.29) is 16.9 Å². The Labute approximate surface area is 130 Å². The molecule has 1 aromatic heterocycles. The van der Waals surface area contributed by atoms with Gasteiger partial charge in [-0.05, 0) is 37.8 Å². The minimum absolute atomic E-state index is 0.0686. The van der Waals surface area contributed by atoms with Gasteiger partial charge in [-0.3, -0.25) is 9.78 Å². The number of nitrogens with zero attached hydrogens (tertiary/aromatic N) is 2. The molecule has 0 radical (unpaired) electrons. The van der Waals surface area contributed by atoms with Crippen LogP contribution in [0.5, 0.6) is 0 Å². The van der Waals surface area contributed by atoms with Crippen molar-refractivity contribution in [2.45, 2.75) is 25.8 Å². The van der Waals surface area contributed by atoms with Gasteiger partial charge < -0.3 is 15.4 Å². The first kappa shape index (κ1) is 15.9. The van der Waals surface area contributed by atoms with E-state index in [2.05, 4.69) is 11.9 Å². The Bertz CT molecular complexity index is 514. The van der Waals surface area contributed by atoms with Crippen LogP contribution in [0.25, 0.3) is 0 Å². The van der Waals surface area contributed by atoms with Crippen LogP contribution in [-0.4, -0.2) is 47.1 Å². The molecule has 21 heavy (non-hydrogen) atoms. The van der Waals surface area contributed by atoms with Crippen molar-refractivity contribution < 1.29 is 9.53 Å². The van der Waals surface area contributed by atoms with Crippen molar-refractivity contribution in [1.29, 1.82) is 0 Å². The van der Waals surface area contributed by atoms with Crippen molar-refractivity contribution in [3.63, 3.8) is 0 Å². The zero-order valence-electron chi connectivity index (χ0n) is 12.4. The van der Waals surface area contributed by atoms with Gasteiger partial charge in [0.15, 0.2) is 0 Å². The summed E-state index contributed by atoms with van der Waals surface area (Å²) in [6.45, 7) is 3.19. The summed E-state index contributed by atoms with van der Waals surface area (Å²) in [5, 5.41) is 0. The summed E-state index contributed by atoms with van der Waals surface area (Å²) >= 11 is 4.89. The summed E-state index contributed by atoms with van der Waals surface area (Å²) in [5.41, 5.74) is 6.62. The maximum Gasteiger partial charge on any atom is 0.272 e. The van der Waals surface area contributed by atoms with Crippen LogP contribution in [0.15, 0.2) is 18.3 Å². The zero-order valence-corrected chi connectivity index (χ0v) is 13.2. The van der Waals surface area contributed by atoms with Gasteiger partial charge in [-0.25, -0.2) is 0 Å². The molecule has 0 spiro atoms. The van der Waals surface area contributed by atoms with Crippen molar-refractivity contribution >= 4 is 23.1 Å². The third-order valence-electron chi connectivity index (χ3n) is 3.86. The molecule has 1 aromatic rings. The van der Waals surface area contributed by atoms with Gasteiger partial charge in [0.25, 0.3) is 5.91 Å². The third-order valence-corrected chi connectivity index (χ3v) is 4.10. The quantitative estimate of drug-likeness (QED) is 0.775. The van der Waals surface area contributed by atoms with Crippen LogP contribution >= 0.6 is 12.2 Å². The number of hydrogen-bond acceptors (Lipinski definition) is 4. The molecule has 1 aliphatic rings. The molecule has 1 atom stereocenters. The summed E-state index contributed by atoms with van der Waals surface area (Å²) in [5.74, 6) is 0.530. The number of rotatable bonds is 7. The second-order valence-electron chi connectivity index (χ2n) is 5.37. The van der Waals surface area contributed by atoms with E-state index in [9.17, 15) is 4.79 Å². The lowest BCUT2D eigenvalue weighted by Gasteiger charge is -2.29. The molecule has 2 N–H and O–H groups in total. The molecule has 1 amide bonds. The molecule has 1 aliphatic carbocycles. The first-order valence-electron chi connectivity index (χ1n) is 7.10. The molecule has 2 rings (SSSR count). The van der Waals surface area contributed by atoms with Gasteiger partial charge in [0, 0.05) is 31.5 Å². The molecule has 0 aliphatic heterocycles. The van der Waals surface area contributed by atoms with E-state index in [4.69, 9.17) is 22.7 Å². The average Bonchev–Trinajstić information content (AvgIpc) is 3.32. The fraction of sp³-hybridized carbons (Fsp3) is 0.533. The van der Waals surface area contributed by atoms with Gasteiger partial charge in [-0.2, -0.15) is 0 Å². The van der Waals surface area contributed by atoms with Crippen molar-refractivity contribution in [3.8, 4) is 0 Å².